The lowest BCUT2D eigenvalue weighted by Gasteiger charge is -2.15. The van der Waals surface area contributed by atoms with Crippen molar-refractivity contribution in [3.8, 4) is 0 Å². The van der Waals surface area contributed by atoms with Crippen LogP contribution in [-0.2, 0) is 6.42 Å². The second-order valence-corrected chi connectivity index (χ2v) is 5.47. The Morgan fingerprint density at radius 2 is 1.89 bits per heavy atom. The molecule has 2 nitrogen and oxygen atoms in total. The van der Waals surface area contributed by atoms with Crippen molar-refractivity contribution in [3.05, 3.63) is 56.2 Å². The fraction of sp³-hybridized carbons (Fsp3) is 0.167. The molecular weight excluding hydrogens is 322 g/mol. The lowest BCUT2D eigenvalue weighted by Crippen LogP contribution is -2.29. The van der Waals surface area contributed by atoms with Gasteiger partial charge in [0.05, 0.1) is 6.04 Å². The van der Waals surface area contributed by atoms with Gasteiger partial charge in [0.15, 0.2) is 0 Å². The summed E-state index contributed by atoms with van der Waals surface area (Å²) in [6.07, 6.45) is 0.417. The summed E-state index contributed by atoms with van der Waals surface area (Å²) in [6, 6.07) is 3.29. The zero-order valence-electron chi connectivity index (χ0n) is 9.29. The Kier molecular flexibility index (Phi) is 4.45. The first-order chi connectivity index (χ1) is 8.60. The number of hydrazine groups is 1. The molecule has 0 fully saturated rings. The maximum atomic E-state index is 13.1. The number of nitrogens with two attached hydrogens (primary N) is 1. The summed E-state index contributed by atoms with van der Waals surface area (Å²) in [7, 11) is 0. The fourth-order valence-corrected chi connectivity index (χ4v) is 3.39. The molecule has 1 aromatic carbocycles. The number of hydrogen-bond donors (Lipinski definition) is 2. The SMILES string of the molecule is NNC(Cc1cc(F)cc(F)c1)c1cscc1Br. The van der Waals surface area contributed by atoms with Crippen LogP contribution in [0.4, 0.5) is 8.78 Å². The number of hydrogen-bond acceptors (Lipinski definition) is 3. The van der Waals surface area contributed by atoms with E-state index in [1.807, 2.05) is 10.8 Å². The van der Waals surface area contributed by atoms with Gasteiger partial charge >= 0.3 is 0 Å². The molecule has 18 heavy (non-hydrogen) atoms. The molecule has 0 saturated heterocycles. The minimum Gasteiger partial charge on any atom is -0.271 e. The number of halogens is 3. The van der Waals surface area contributed by atoms with Gasteiger partial charge < -0.3 is 0 Å². The number of benzene rings is 1. The first kappa shape index (κ1) is 13.6. The molecule has 0 aliphatic carbocycles. The van der Waals surface area contributed by atoms with Crippen LogP contribution in [0.1, 0.15) is 17.2 Å². The summed E-state index contributed by atoms with van der Waals surface area (Å²) in [5, 5.41) is 3.89. The van der Waals surface area contributed by atoms with Gasteiger partial charge in [0.1, 0.15) is 11.6 Å². The van der Waals surface area contributed by atoms with Crippen LogP contribution in [-0.4, -0.2) is 0 Å². The van der Waals surface area contributed by atoms with Gasteiger partial charge in [-0.15, -0.1) is 0 Å². The molecule has 0 aliphatic rings. The third kappa shape index (κ3) is 3.14. The number of thiophene rings is 1. The van der Waals surface area contributed by atoms with E-state index in [-0.39, 0.29) is 6.04 Å². The second-order valence-electron chi connectivity index (χ2n) is 3.88. The molecule has 6 heteroatoms. The second kappa shape index (κ2) is 5.88. The van der Waals surface area contributed by atoms with E-state index in [1.54, 1.807) is 0 Å². The van der Waals surface area contributed by atoms with Gasteiger partial charge in [-0.3, -0.25) is 11.3 Å². The first-order valence-electron chi connectivity index (χ1n) is 5.23. The van der Waals surface area contributed by atoms with E-state index < -0.39 is 11.6 Å². The highest BCUT2D eigenvalue weighted by atomic mass is 79.9. The van der Waals surface area contributed by atoms with Crippen molar-refractivity contribution < 1.29 is 8.78 Å². The van der Waals surface area contributed by atoms with Gasteiger partial charge in [-0.2, -0.15) is 11.3 Å². The Balaban J connectivity index is 2.23. The lowest BCUT2D eigenvalue weighted by molar-refractivity contribution is 0.540. The maximum Gasteiger partial charge on any atom is 0.126 e. The molecule has 96 valence electrons. The molecule has 2 rings (SSSR count). The molecule has 0 radical (unpaired) electrons. The highest BCUT2D eigenvalue weighted by Gasteiger charge is 2.15. The Hall–Kier alpha value is -0.820. The van der Waals surface area contributed by atoms with E-state index >= 15 is 0 Å². The van der Waals surface area contributed by atoms with Crippen LogP contribution in [0.5, 0.6) is 0 Å². The van der Waals surface area contributed by atoms with E-state index in [4.69, 9.17) is 5.84 Å². The van der Waals surface area contributed by atoms with E-state index in [2.05, 4.69) is 21.4 Å². The number of rotatable bonds is 4. The molecule has 0 amide bonds. The Bertz CT molecular complexity index is 524. The van der Waals surface area contributed by atoms with Gasteiger partial charge in [-0.05, 0) is 51.0 Å². The summed E-state index contributed by atoms with van der Waals surface area (Å²) >= 11 is 4.95. The van der Waals surface area contributed by atoms with Crippen molar-refractivity contribution >= 4 is 27.3 Å². The average Bonchev–Trinajstić information content (AvgIpc) is 2.71. The molecule has 0 bridgehead atoms. The standard InChI is InChI=1S/C12H11BrF2N2S/c13-11-6-18-5-10(11)12(17-16)3-7-1-8(14)4-9(15)2-7/h1-2,4-6,12,17H,3,16H2. The molecule has 1 atom stereocenters. The fourth-order valence-electron chi connectivity index (χ4n) is 1.76. The van der Waals surface area contributed by atoms with Crippen LogP contribution in [0.15, 0.2) is 33.4 Å². The zero-order valence-corrected chi connectivity index (χ0v) is 11.7. The normalized spacial score (nSPS) is 12.7. The predicted octanol–water partition coefficient (Wildman–Crippen LogP) is 3.54. The average molecular weight is 333 g/mol. The monoisotopic (exact) mass is 332 g/mol. The van der Waals surface area contributed by atoms with Crippen molar-refractivity contribution in [2.75, 3.05) is 0 Å². The van der Waals surface area contributed by atoms with Crippen molar-refractivity contribution in [3.63, 3.8) is 0 Å². The molecule has 1 heterocycles. The van der Waals surface area contributed by atoms with Gasteiger partial charge in [0.2, 0.25) is 0 Å². The third-order valence-corrected chi connectivity index (χ3v) is 4.33. The smallest absolute Gasteiger partial charge is 0.126 e. The molecule has 1 unspecified atom stereocenters. The summed E-state index contributed by atoms with van der Waals surface area (Å²) < 4.78 is 27.1. The predicted molar refractivity (Wildman–Crippen MR) is 72.1 cm³/mol. The summed E-state index contributed by atoms with van der Waals surface area (Å²) in [4.78, 5) is 0. The Morgan fingerprint density at radius 3 is 2.39 bits per heavy atom. The largest absolute Gasteiger partial charge is 0.271 e. The van der Waals surface area contributed by atoms with Crippen LogP contribution in [0.2, 0.25) is 0 Å². The van der Waals surface area contributed by atoms with Crippen molar-refractivity contribution in [2.45, 2.75) is 12.5 Å². The van der Waals surface area contributed by atoms with Crippen molar-refractivity contribution in [1.82, 2.24) is 5.43 Å². The molecule has 0 spiro atoms. The molecule has 3 N–H and O–H groups in total. The lowest BCUT2D eigenvalue weighted by atomic mass is 10.0. The van der Waals surface area contributed by atoms with E-state index in [0.717, 1.165) is 16.1 Å². The highest BCUT2D eigenvalue weighted by Crippen LogP contribution is 2.29. The van der Waals surface area contributed by atoms with Gasteiger partial charge in [0.25, 0.3) is 0 Å². The Morgan fingerprint density at radius 1 is 1.22 bits per heavy atom. The first-order valence-corrected chi connectivity index (χ1v) is 6.96. The van der Waals surface area contributed by atoms with Crippen molar-refractivity contribution in [2.24, 2.45) is 5.84 Å². The van der Waals surface area contributed by atoms with E-state index in [9.17, 15) is 8.78 Å². The number of nitrogens with one attached hydrogen (secondary N) is 1. The maximum absolute atomic E-state index is 13.1. The minimum atomic E-state index is -0.579. The van der Waals surface area contributed by atoms with Crippen LogP contribution in [0.25, 0.3) is 0 Å². The highest BCUT2D eigenvalue weighted by molar-refractivity contribution is 9.10. The summed E-state index contributed by atoms with van der Waals surface area (Å²) in [5.41, 5.74) is 4.21. The van der Waals surface area contributed by atoms with Gasteiger partial charge in [0, 0.05) is 15.9 Å². The third-order valence-electron chi connectivity index (χ3n) is 2.58. The van der Waals surface area contributed by atoms with Crippen LogP contribution in [0, 0.1) is 11.6 Å². The van der Waals surface area contributed by atoms with Crippen LogP contribution >= 0.6 is 27.3 Å². The van der Waals surface area contributed by atoms with Gasteiger partial charge in [-0.25, -0.2) is 8.78 Å². The van der Waals surface area contributed by atoms with E-state index in [1.165, 1.54) is 23.5 Å². The van der Waals surface area contributed by atoms with Crippen molar-refractivity contribution in [1.29, 1.82) is 0 Å². The molecule has 1 aromatic heterocycles. The minimum absolute atomic E-state index is 0.188. The van der Waals surface area contributed by atoms with Crippen LogP contribution in [0.3, 0.4) is 0 Å². The van der Waals surface area contributed by atoms with E-state index in [0.29, 0.717) is 12.0 Å². The molecule has 0 saturated carbocycles. The summed E-state index contributed by atoms with van der Waals surface area (Å²) in [5.74, 6) is 4.35. The Labute approximate surface area is 116 Å². The summed E-state index contributed by atoms with van der Waals surface area (Å²) in [6.45, 7) is 0. The topological polar surface area (TPSA) is 38.0 Å². The molecular formula is C12H11BrF2N2S. The molecule has 2 aromatic rings. The van der Waals surface area contributed by atoms with Gasteiger partial charge in [-0.1, -0.05) is 0 Å². The van der Waals surface area contributed by atoms with Crippen LogP contribution < -0.4 is 11.3 Å². The zero-order chi connectivity index (χ0) is 13.1. The molecule has 0 aliphatic heterocycles. The quantitative estimate of drug-likeness (QED) is 0.663.